The average molecular weight is 605 g/mol. The Morgan fingerprint density at radius 3 is 2.39 bits per heavy atom. The highest BCUT2D eigenvalue weighted by Gasteiger charge is 2.46. The van der Waals surface area contributed by atoms with Crippen LogP contribution in [0.25, 0.3) is 27.8 Å². The Labute approximate surface area is 256 Å². The van der Waals surface area contributed by atoms with Gasteiger partial charge in [0.05, 0.1) is 44.0 Å². The third-order valence-corrected chi connectivity index (χ3v) is 9.63. The first-order chi connectivity index (χ1) is 21.0. The molecule has 2 saturated carbocycles. The normalized spacial score (nSPS) is 20.1. The Bertz CT molecular complexity index is 1740. The minimum Gasteiger partial charge on any atom is -0.494 e. The standard InChI is InChI=1S/C34H41FN4O5/c1-33(2,3)32(41)39-30-22(18-36-39)16-25-28(37-30)27(20-8-10-21(11-9-20)31(40)44-6)29(34(19-42-4)14-7-15-34)38(25)23-12-13-24(35)26(17-23)43-5/h12-13,16-18,20-21H,7-11,14-15,19H2,1-6H3. The molecule has 3 aromatic heterocycles. The highest BCUT2D eigenvalue weighted by atomic mass is 19.1. The van der Waals surface area contributed by atoms with E-state index in [-0.39, 0.29) is 34.9 Å². The smallest absolute Gasteiger partial charge is 0.308 e. The Kier molecular flexibility index (Phi) is 7.76. The number of ether oxygens (including phenoxy) is 3. The third kappa shape index (κ3) is 4.87. The number of benzene rings is 1. The van der Waals surface area contributed by atoms with Crippen molar-refractivity contribution in [3.63, 3.8) is 0 Å². The van der Waals surface area contributed by atoms with Crippen LogP contribution in [-0.2, 0) is 19.7 Å². The van der Waals surface area contributed by atoms with Crippen LogP contribution in [0.15, 0.2) is 30.5 Å². The van der Waals surface area contributed by atoms with Crippen LogP contribution in [0, 0.1) is 17.2 Å². The van der Waals surface area contributed by atoms with E-state index in [9.17, 15) is 14.0 Å². The molecule has 4 aromatic rings. The van der Waals surface area contributed by atoms with Gasteiger partial charge in [-0.15, -0.1) is 0 Å². The minimum absolute atomic E-state index is 0.117. The molecule has 6 rings (SSSR count). The lowest BCUT2D eigenvalue weighted by molar-refractivity contribution is -0.146. The molecular formula is C34H41FN4O5. The van der Waals surface area contributed by atoms with E-state index in [2.05, 4.69) is 9.67 Å². The number of hydrogen-bond acceptors (Lipinski definition) is 7. The van der Waals surface area contributed by atoms with Crippen molar-refractivity contribution in [1.82, 2.24) is 19.3 Å². The topological polar surface area (TPSA) is 97.5 Å². The van der Waals surface area contributed by atoms with Crippen LogP contribution in [0.2, 0.25) is 0 Å². The monoisotopic (exact) mass is 604 g/mol. The number of hydrogen-bond donors (Lipinski definition) is 0. The first-order valence-corrected chi connectivity index (χ1v) is 15.4. The van der Waals surface area contributed by atoms with E-state index < -0.39 is 11.2 Å². The molecule has 2 fully saturated rings. The molecule has 0 amide bonds. The van der Waals surface area contributed by atoms with Gasteiger partial charge < -0.3 is 18.8 Å². The second kappa shape index (κ2) is 11.3. The number of rotatable bonds is 7. The molecule has 1 aromatic carbocycles. The number of halogens is 1. The molecule has 9 nitrogen and oxygen atoms in total. The fourth-order valence-corrected chi connectivity index (χ4v) is 7.21. The maximum absolute atomic E-state index is 14.7. The number of esters is 1. The van der Waals surface area contributed by atoms with E-state index in [0.29, 0.717) is 25.1 Å². The fraction of sp³-hybridized carbons (Fsp3) is 0.529. The first-order valence-electron chi connectivity index (χ1n) is 15.4. The van der Waals surface area contributed by atoms with Gasteiger partial charge in [0.1, 0.15) is 0 Å². The van der Waals surface area contributed by atoms with E-state index in [0.717, 1.165) is 65.5 Å². The Morgan fingerprint density at radius 1 is 1.07 bits per heavy atom. The second-order valence-electron chi connectivity index (χ2n) is 13.4. The van der Waals surface area contributed by atoms with E-state index in [1.807, 2.05) is 26.8 Å². The maximum atomic E-state index is 14.7. The molecule has 2 aliphatic carbocycles. The number of nitrogens with zero attached hydrogens (tertiary/aromatic N) is 4. The summed E-state index contributed by atoms with van der Waals surface area (Å²) < 4.78 is 34.7. The molecule has 0 saturated heterocycles. The van der Waals surface area contributed by atoms with Crippen molar-refractivity contribution in [2.24, 2.45) is 11.3 Å². The van der Waals surface area contributed by atoms with Crippen molar-refractivity contribution < 1.29 is 28.2 Å². The van der Waals surface area contributed by atoms with Crippen molar-refractivity contribution in [2.75, 3.05) is 27.9 Å². The van der Waals surface area contributed by atoms with E-state index in [1.165, 1.54) is 25.0 Å². The molecule has 0 atom stereocenters. The molecule has 234 valence electrons. The van der Waals surface area contributed by atoms with Crippen molar-refractivity contribution >= 4 is 33.9 Å². The maximum Gasteiger partial charge on any atom is 0.308 e. The quantitative estimate of drug-likeness (QED) is 0.216. The Morgan fingerprint density at radius 2 is 1.80 bits per heavy atom. The molecule has 44 heavy (non-hydrogen) atoms. The van der Waals surface area contributed by atoms with Gasteiger partial charge in [0, 0.05) is 46.3 Å². The van der Waals surface area contributed by atoms with Crippen molar-refractivity contribution in [2.45, 2.75) is 77.0 Å². The highest BCUT2D eigenvalue weighted by molar-refractivity contribution is 5.98. The summed E-state index contributed by atoms with van der Waals surface area (Å²) in [6.45, 7) is 6.14. The van der Waals surface area contributed by atoms with Crippen molar-refractivity contribution in [1.29, 1.82) is 0 Å². The molecule has 3 heterocycles. The van der Waals surface area contributed by atoms with Crippen LogP contribution in [-0.4, -0.2) is 59.1 Å². The largest absolute Gasteiger partial charge is 0.494 e. The number of carbonyl (C=O) groups is 2. The predicted octanol–water partition coefficient (Wildman–Crippen LogP) is 6.72. The van der Waals surface area contributed by atoms with Gasteiger partial charge in [0.15, 0.2) is 17.2 Å². The summed E-state index contributed by atoms with van der Waals surface area (Å²) >= 11 is 0. The lowest BCUT2D eigenvalue weighted by Crippen LogP contribution is -2.41. The van der Waals surface area contributed by atoms with Crippen LogP contribution < -0.4 is 4.74 Å². The van der Waals surface area contributed by atoms with Crippen LogP contribution in [0.4, 0.5) is 4.39 Å². The average Bonchev–Trinajstić information content (AvgIpc) is 3.55. The van der Waals surface area contributed by atoms with Gasteiger partial charge in [-0.3, -0.25) is 9.59 Å². The van der Waals surface area contributed by atoms with Gasteiger partial charge in [-0.05, 0) is 62.6 Å². The highest BCUT2D eigenvalue weighted by Crippen LogP contribution is 2.52. The molecule has 0 unspecified atom stereocenters. The fourth-order valence-electron chi connectivity index (χ4n) is 7.21. The van der Waals surface area contributed by atoms with Crippen molar-refractivity contribution in [3.05, 3.63) is 47.5 Å². The summed E-state index contributed by atoms with van der Waals surface area (Å²) in [5.41, 5.74) is 4.22. The molecule has 0 N–H and O–H groups in total. The zero-order chi connectivity index (χ0) is 31.4. The lowest BCUT2D eigenvalue weighted by atomic mass is 9.64. The summed E-state index contributed by atoms with van der Waals surface area (Å²) in [4.78, 5) is 31.1. The zero-order valence-electron chi connectivity index (χ0n) is 26.4. The molecule has 0 spiro atoms. The van der Waals surface area contributed by atoms with Crippen LogP contribution >= 0.6 is 0 Å². The summed E-state index contributed by atoms with van der Waals surface area (Å²) in [5, 5.41) is 5.21. The van der Waals surface area contributed by atoms with Gasteiger partial charge in [-0.25, -0.2) is 9.37 Å². The van der Waals surface area contributed by atoms with Crippen molar-refractivity contribution in [3.8, 4) is 11.4 Å². The zero-order valence-corrected chi connectivity index (χ0v) is 26.4. The number of fused-ring (bicyclic) bond motifs is 2. The van der Waals surface area contributed by atoms with Crippen LogP contribution in [0.3, 0.4) is 0 Å². The second-order valence-corrected chi connectivity index (χ2v) is 13.4. The summed E-state index contributed by atoms with van der Waals surface area (Å²) in [6, 6.07) is 6.97. The van der Waals surface area contributed by atoms with Crippen LogP contribution in [0.1, 0.15) is 87.7 Å². The Hall–Kier alpha value is -3.79. The number of pyridine rings is 1. The van der Waals surface area contributed by atoms with Crippen LogP contribution in [0.5, 0.6) is 5.75 Å². The lowest BCUT2D eigenvalue weighted by Gasteiger charge is -2.44. The molecule has 0 bridgehead atoms. The molecule has 0 radical (unpaired) electrons. The Balaban J connectivity index is 1.67. The number of methoxy groups -OCH3 is 3. The van der Waals surface area contributed by atoms with Gasteiger partial charge in [0.2, 0.25) is 0 Å². The summed E-state index contributed by atoms with van der Waals surface area (Å²) in [6.07, 6.45) is 7.65. The van der Waals surface area contributed by atoms with Gasteiger partial charge in [0.25, 0.3) is 5.91 Å². The first kappa shape index (κ1) is 30.2. The molecule has 0 aliphatic heterocycles. The van der Waals surface area contributed by atoms with Gasteiger partial charge in [-0.1, -0.05) is 27.2 Å². The molecule has 2 aliphatic rings. The van der Waals surface area contributed by atoms with Gasteiger partial charge >= 0.3 is 5.97 Å². The molecular weight excluding hydrogens is 563 g/mol. The minimum atomic E-state index is -0.652. The SMILES string of the molecule is COCC1(c2c(C3CCC(C(=O)OC)CC3)c3nc4c(cnn4C(=O)C(C)(C)C)cc3n2-c2ccc(F)c(OC)c2)CCC1. The third-order valence-electron chi connectivity index (χ3n) is 9.63. The van der Waals surface area contributed by atoms with Gasteiger partial charge in [-0.2, -0.15) is 9.78 Å². The number of carbonyl (C=O) groups excluding carboxylic acids is 2. The summed E-state index contributed by atoms with van der Waals surface area (Å²) in [7, 11) is 4.64. The van der Waals surface area contributed by atoms with E-state index >= 15 is 0 Å². The predicted molar refractivity (Wildman–Crippen MR) is 165 cm³/mol. The summed E-state index contributed by atoms with van der Waals surface area (Å²) in [5.74, 6) is -0.598. The molecule has 10 heteroatoms. The van der Waals surface area contributed by atoms with E-state index in [1.54, 1.807) is 25.4 Å². The number of aromatic nitrogens is 4. The van der Waals surface area contributed by atoms with E-state index in [4.69, 9.17) is 19.2 Å².